The van der Waals surface area contributed by atoms with E-state index >= 15 is 0 Å². The van der Waals surface area contributed by atoms with Gasteiger partial charge in [0.15, 0.2) is 0 Å². The van der Waals surface area contributed by atoms with Crippen LogP contribution in [0.1, 0.15) is 62.5 Å². The van der Waals surface area contributed by atoms with Crippen molar-refractivity contribution in [2.45, 2.75) is 57.5 Å². The van der Waals surface area contributed by atoms with Gasteiger partial charge in [0.2, 0.25) is 0 Å². The van der Waals surface area contributed by atoms with Crippen molar-refractivity contribution >= 4 is 0 Å². The summed E-state index contributed by atoms with van der Waals surface area (Å²) in [6.45, 7) is 4.05. The molecule has 0 spiro atoms. The lowest BCUT2D eigenvalue weighted by Crippen LogP contribution is -2.09. The van der Waals surface area contributed by atoms with Crippen molar-refractivity contribution in [3.05, 3.63) is 35.4 Å². The summed E-state index contributed by atoms with van der Waals surface area (Å²) in [5.41, 5.74) is 2.85. The number of rotatable bonds is 4. The van der Waals surface area contributed by atoms with Crippen LogP contribution >= 0.6 is 0 Å². The summed E-state index contributed by atoms with van der Waals surface area (Å²) in [4.78, 5) is 0. The molecule has 1 saturated carbocycles. The van der Waals surface area contributed by atoms with E-state index < -0.39 is 0 Å². The molecule has 2 atom stereocenters. The zero-order chi connectivity index (χ0) is 11.5. The second-order valence-electron chi connectivity index (χ2n) is 5.28. The first-order valence-electron chi connectivity index (χ1n) is 6.44. The average Bonchev–Trinajstić information content (AvgIpc) is 2.15. The lowest BCUT2D eigenvalue weighted by atomic mass is 9.79. The van der Waals surface area contributed by atoms with Crippen LogP contribution in [0.15, 0.2) is 24.3 Å². The first-order chi connectivity index (χ1) is 7.66. The molecule has 0 aliphatic heterocycles. The van der Waals surface area contributed by atoms with Gasteiger partial charge in [-0.25, -0.2) is 0 Å². The largest absolute Gasteiger partial charge is 0.393 e. The summed E-state index contributed by atoms with van der Waals surface area (Å²) >= 11 is 0. The second kappa shape index (κ2) is 5.01. The van der Waals surface area contributed by atoms with Crippen LogP contribution in [0, 0.1) is 0 Å². The van der Waals surface area contributed by atoms with Gasteiger partial charge in [0.05, 0.1) is 6.10 Å². The van der Waals surface area contributed by atoms with E-state index in [0.29, 0.717) is 5.92 Å². The van der Waals surface area contributed by atoms with Crippen LogP contribution in [0.25, 0.3) is 0 Å². The second-order valence-corrected chi connectivity index (χ2v) is 5.28. The van der Waals surface area contributed by atoms with Gasteiger partial charge in [0.25, 0.3) is 0 Å². The maximum atomic E-state index is 9.37. The number of hydrogen-bond acceptors (Lipinski definition) is 1. The molecule has 1 N–H and O–H groups in total. The topological polar surface area (TPSA) is 20.2 Å². The van der Waals surface area contributed by atoms with Gasteiger partial charge >= 0.3 is 0 Å². The van der Waals surface area contributed by atoms with E-state index in [9.17, 15) is 5.11 Å². The van der Waals surface area contributed by atoms with E-state index in [4.69, 9.17) is 0 Å². The third-order valence-electron chi connectivity index (χ3n) is 3.78. The summed E-state index contributed by atoms with van der Waals surface area (Å²) in [5, 5.41) is 9.37. The molecule has 0 bridgehead atoms. The summed E-state index contributed by atoms with van der Waals surface area (Å²) in [5.74, 6) is 1.27. The number of aliphatic hydroxyl groups is 1. The molecule has 88 valence electrons. The predicted molar refractivity (Wildman–Crippen MR) is 67.7 cm³/mol. The Morgan fingerprint density at radius 1 is 1.19 bits per heavy atom. The Bertz CT molecular complexity index is 322. The standard InChI is InChI=1S/C15H22O/c1-11(10-12(2)16)13-6-8-15(9-7-13)14-4-3-5-14/h6-9,11-12,14,16H,3-5,10H2,1-2H3. The summed E-state index contributed by atoms with van der Waals surface area (Å²) in [6.07, 6.45) is 4.76. The zero-order valence-corrected chi connectivity index (χ0v) is 10.3. The molecule has 1 aromatic carbocycles. The Morgan fingerprint density at radius 3 is 2.25 bits per heavy atom. The van der Waals surface area contributed by atoms with Gasteiger partial charge in [0, 0.05) is 0 Å². The molecule has 1 fully saturated rings. The third kappa shape index (κ3) is 2.65. The molecule has 0 radical (unpaired) electrons. The zero-order valence-electron chi connectivity index (χ0n) is 10.3. The normalized spacial score (nSPS) is 20.2. The summed E-state index contributed by atoms with van der Waals surface area (Å²) < 4.78 is 0. The lowest BCUT2D eigenvalue weighted by molar-refractivity contribution is 0.176. The van der Waals surface area contributed by atoms with Crippen molar-refractivity contribution in [3.63, 3.8) is 0 Å². The van der Waals surface area contributed by atoms with Crippen molar-refractivity contribution in [2.24, 2.45) is 0 Å². The Labute approximate surface area is 98.5 Å². The van der Waals surface area contributed by atoms with Crippen LogP contribution < -0.4 is 0 Å². The van der Waals surface area contributed by atoms with Gasteiger partial charge in [-0.15, -0.1) is 0 Å². The molecule has 0 saturated heterocycles. The van der Waals surface area contributed by atoms with Crippen LogP contribution in [0.5, 0.6) is 0 Å². The molecule has 1 aliphatic rings. The van der Waals surface area contributed by atoms with E-state index in [1.807, 2.05) is 6.92 Å². The molecular weight excluding hydrogens is 196 g/mol. The highest BCUT2D eigenvalue weighted by Crippen LogP contribution is 2.36. The Morgan fingerprint density at radius 2 is 1.81 bits per heavy atom. The molecule has 2 rings (SSSR count). The molecule has 2 unspecified atom stereocenters. The summed E-state index contributed by atoms with van der Waals surface area (Å²) in [7, 11) is 0. The van der Waals surface area contributed by atoms with Gasteiger partial charge in [-0.2, -0.15) is 0 Å². The molecule has 1 nitrogen and oxygen atoms in total. The van der Waals surface area contributed by atoms with Crippen LogP contribution in [-0.2, 0) is 0 Å². The van der Waals surface area contributed by atoms with Crippen LogP contribution in [0.2, 0.25) is 0 Å². The smallest absolute Gasteiger partial charge is 0.0517 e. The molecular formula is C15H22O. The molecule has 0 aromatic heterocycles. The average molecular weight is 218 g/mol. The van der Waals surface area contributed by atoms with E-state index in [2.05, 4.69) is 31.2 Å². The van der Waals surface area contributed by atoms with Gasteiger partial charge in [-0.1, -0.05) is 37.6 Å². The fraction of sp³-hybridized carbons (Fsp3) is 0.600. The first kappa shape index (κ1) is 11.7. The molecule has 0 heterocycles. The predicted octanol–water partition coefficient (Wildman–Crippen LogP) is 3.83. The minimum absolute atomic E-state index is 0.207. The molecule has 1 aromatic rings. The van der Waals surface area contributed by atoms with Crippen molar-refractivity contribution in [3.8, 4) is 0 Å². The maximum absolute atomic E-state index is 9.37. The minimum Gasteiger partial charge on any atom is -0.393 e. The monoisotopic (exact) mass is 218 g/mol. The van der Waals surface area contributed by atoms with E-state index in [1.54, 1.807) is 0 Å². The molecule has 0 amide bonds. The minimum atomic E-state index is -0.207. The van der Waals surface area contributed by atoms with Crippen LogP contribution in [0.3, 0.4) is 0 Å². The molecule has 1 aliphatic carbocycles. The number of benzene rings is 1. The lowest BCUT2D eigenvalue weighted by Gasteiger charge is -2.26. The third-order valence-corrected chi connectivity index (χ3v) is 3.78. The Kier molecular flexibility index (Phi) is 3.65. The van der Waals surface area contributed by atoms with Crippen molar-refractivity contribution in [1.82, 2.24) is 0 Å². The highest BCUT2D eigenvalue weighted by Gasteiger charge is 2.19. The Hall–Kier alpha value is -0.820. The first-order valence-corrected chi connectivity index (χ1v) is 6.44. The van der Waals surface area contributed by atoms with Crippen LogP contribution in [0.4, 0.5) is 0 Å². The van der Waals surface area contributed by atoms with Crippen molar-refractivity contribution in [2.75, 3.05) is 0 Å². The highest BCUT2D eigenvalue weighted by molar-refractivity contribution is 5.28. The fourth-order valence-electron chi connectivity index (χ4n) is 2.49. The van der Waals surface area contributed by atoms with Gasteiger partial charge in [-0.3, -0.25) is 0 Å². The van der Waals surface area contributed by atoms with Gasteiger partial charge < -0.3 is 5.11 Å². The van der Waals surface area contributed by atoms with Crippen LogP contribution in [-0.4, -0.2) is 11.2 Å². The van der Waals surface area contributed by atoms with Gasteiger partial charge in [0.1, 0.15) is 0 Å². The highest BCUT2D eigenvalue weighted by atomic mass is 16.3. The maximum Gasteiger partial charge on any atom is 0.0517 e. The van der Waals surface area contributed by atoms with E-state index in [0.717, 1.165) is 12.3 Å². The summed E-state index contributed by atoms with van der Waals surface area (Å²) in [6, 6.07) is 9.02. The molecule has 16 heavy (non-hydrogen) atoms. The SMILES string of the molecule is CC(O)CC(C)c1ccc(C2CCC2)cc1. The van der Waals surface area contributed by atoms with Gasteiger partial charge in [-0.05, 0) is 49.1 Å². The van der Waals surface area contributed by atoms with Crippen molar-refractivity contribution < 1.29 is 5.11 Å². The van der Waals surface area contributed by atoms with E-state index in [-0.39, 0.29) is 6.10 Å². The quantitative estimate of drug-likeness (QED) is 0.814. The number of hydrogen-bond donors (Lipinski definition) is 1. The van der Waals surface area contributed by atoms with Crippen molar-refractivity contribution in [1.29, 1.82) is 0 Å². The molecule has 1 heteroatoms. The number of aliphatic hydroxyl groups excluding tert-OH is 1. The van der Waals surface area contributed by atoms with E-state index in [1.165, 1.54) is 30.4 Å². The fourth-order valence-corrected chi connectivity index (χ4v) is 2.49. The Balaban J connectivity index is 2.00.